The Kier molecular flexibility index (Phi) is 4.80. The average molecular weight is 345 g/mol. The molecule has 3 aromatic rings. The van der Waals surface area contributed by atoms with Crippen LogP contribution < -0.4 is 10.5 Å². The number of fused-ring (bicyclic) bond motifs is 1. The van der Waals surface area contributed by atoms with Crippen molar-refractivity contribution in [2.24, 2.45) is 0 Å². The van der Waals surface area contributed by atoms with Crippen LogP contribution in [-0.4, -0.2) is 43.0 Å². The maximum absolute atomic E-state index is 10.8. The van der Waals surface area contributed by atoms with Crippen molar-refractivity contribution in [1.82, 2.24) is 19.5 Å². The first-order valence-electron chi connectivity index (χ1n) is 7.14. The second-order valence-corrected chi connectivity index (χ2v) is 5.76. The van der Waals surface area contributed by atoms with Gasteiger partial charge in [-0.25, -0.2) is 15.0 Å². The van der Waals surface area contributed by atoms with Gasteiger partial charge in [0.2, 0.25) is 0 Å². The van der Waals surface area contributed by atoms with E-state index in [9.17, 15) is 4.79 Å². The molecule has 3 N–H and O–H groups in total. The molecule has 8 nitrogen and oxygen atoms in total. The highest BCUT2D eigenvalue weighted by Crippen LogP contribution is 2.25. The number of hydrogen-bond acceptors (Lipinski definition) is 7. The van der Waals surface area contributed by atoms with E-state index in [-0.39, 0.29) is 11.6 Å². The van der Waals surface area contributed by atoms with Crippen LogP contribution in [0.4, 0.5) is 5.82 Å². The smallest absolute Gasteiger partial charge is 0.313 e. The minimum absolute atomic E-state index is 0.101. The maximum Gasteiger partial charge on any atom is 0.313 e. The van der Waals surface area contributed by atoms with Gasteiger partial charge in [-0.05, 0) is 12.1 Å². The SMILES string of the molecule is Nc1ncnc2c1nc(SCC(=O)O)n2CCOc1ccccc1. The Bertz CT molecular complexity index is 853. The summed E-state index contributed by atoms with van der Waals surface area (Å²) in [5, 5.41) is 9.41. The molecule has 0 fully saturated rings. The molecule has 0 radical (unpaired) electrons. The third-order valence-corrected chi connectivity index (χ3v) is 4.14. The predicted molar refractivity (Wildman–Crippen MR) is 90.0 cm³/mol. The topological polar surface area (TPSA) is 116 Å². The van der Waals surface area contributed by atoms with Crippen molar-refractivity contribution in [3.63, 3.8) is 0 Å². The molecule has 0 bridgehead atoms. The number of carboxylic acids is 1. The van der Waals surface area contributed by atoms with Gasteiger partial charge in [-0.15, -0.1) is 0 Å². The molecule has 0 amide bonds. The fourth-order valence-corrected chi connectivity index (χ4v) is 2.89. The highest BCUT2D eigenvalue weighted by Gasteiger charge is 2.16. The number of aliphatic carboxylic acids is 1. The quantitative estimate of drug-likeness (QED) is 0.621. The van der Waals surface area contributed by atoms with Crippen LogP contribution in [0.2, 0.25) is 0 Å². The first-order valence-corrected chi connectivity index (χ1v) is 8.13. The summed E-state index contributed by atoms with van der Waals surface area (Å²) >= 11 is 1.11. The Labute approximate surface area is 141 Å². The van der Waals surface area contributed by atoms with Crippen LogP contribution in [0.1, 0.15) is 0 Å². The summed E-state index contributed by atoms with van der Waals surface area (Å²) in [6, 6.07) is 9.43. The number of nitrogens with two attached hydrogens (primary N) is 1. The monoisotopic (exact) mass is 345 g/mol. The van der Waals surface area contributed by atoms with Gasteiger partial charge >= 0.3 is 5.97 Å². The summed E-state index contributed by atoms with van der Waals surface area (Å²) in [5.41, 5.74) is 6.86. The number of hydrogen-bond donors (Lipinski definition) is 2. The summed E-state index contributed by atoms with van der Waals surface area (Å²) in [6.45, 7) is 0.851. The molecule has 0 spiro atoms. The lowest BCUT2D eigenvalue weighted by Gasteiger charge is -2.09. The second-order valence-electron chi connectivity index (χ2n) is 4.82. The van der Waals surface area contributed by atoms with Crippen molar-refractivity contribution in [2.75, 3.05) is 18.1 Å². The van der Waals surface area contributed by atoms with Gasteiger partial charge in [0.1, 0.15) is 18.7 Å². The Hall–Kier alpha value is -2.81. The van der Waals surface area contributed by atoms with Gasteiger partial charge in [0.25, 0.3) is 0 Å². The van der Waals surface area contributed by atoms with Crippen LogP contribution >= 0.6 is 11.8 Å². The summed E-state index contributed by atoms with van der Waals surface area (Å²) in [5.74, 6) is 0.00447. The standard InChI is InChI=1S/C15H15N5O3S/c16-13-12-14(18-9-17-13)20(15(19-12)24-8-11(21)22)6-7-23-10-4-2-1-3-5-10/h1-5,9H,6-8H2,(H,21,22)(H2,16,17,18). The molecule has 2 heterocycles. The third-order valence-electron chi connectivity index (χ3n) is 3.18. The zero-order valence-corrected chi connectivity index (χ0v) is 13.4. The highest BCUT2D eigenvalue weighted by atomic mass is 32.2. The van der Waals surface area contributed by atoms with Gasteiger partial charge in [-0.1, -0.05) is 30.0 Å². The van der Waals surface area contributed by atoms with Gasteiger partial charge in [0.05, 0.1) is 12.3 Å². The Morgan fingerprint density at radius 3 is 2.83 bits per heavy atom. The summed E-state index contributed by atoms with van der Waals surface area (Å²) in [4.78, 5) is 23.3. The number of ether oxygens (including phenoxy) is 1. The van der Waals surface area contributed by atoms with Gasteiger partial charge in [-0.3, -0.25) is 4.79 Å². The molecular weight excluding hydrogens is 330 g/mol. The summed E-state index contributed by atoms with van der Waals surface area (Å²) in [6.07, 6.45) is 1.36. The fourth-order valence-electron chi connectivity index (χ4n) is 2.14. The zero-order valence-electron chi connectivity index (χ0n) is 12.6. The first kappa shape index (κ1) is 16.1. The molecule has 0 aliphatic heterocycles. The summed E-state index contributed by atoms with van der Waals surface area (Å²) in [7, 11) is 0. The van der Waals surface area contributed by atoms with Crippen molar-refractivity contribution in [3.05, 3.63) is 36.7 Å². The Balaban J connectivity index is 1.82. The van der Waals surface area contributed by atoms with Crippen molar-refractivity contribution >= 4 is 34.7 Å². The number of benzene rings is 1. The van der Waals surface area contributed by atoms with E-state index in [0.717, 1.165) is 17.5 Å². The lowest BCUT2D eigenvalue weighted by atomic mass is 10.3. The number of carboxylic acid groups (broad SMARTS) is 1. The molecule has 1 aromatic carbocycles. The van der Waals surface area contributed by atoms with E-state index in [1.54, 1.807) is 4.57 Å². The lowest BCUT2D eigenvalue weighted by molar-refractivity contribution is -0.133. The minimum atomic E-state index is -0.918. The zero-order chi connectivity index (χ0) is 16.9. The van der Waals surface area contributed by atoms with Gasteiger partial charge in [0, 0.05) is 0 Å². The molecule has 24 heavy (non-hydrogen) atoms. The number of carbonyl (C=O) groups is 1. The number of imidazole rings is 1. The Morgan fingerprint density at radius 2 is 2.08 bits per heavy atom. The number of anilines is 1. The van der Waals surface area contributed by atoms with Crippen molar-refractivity contribution in [3.8, 4) is 5.75 Å². The van der Waals surface area contributed by atoms with Crippen molar-refractivity contribution in [2.45, 2.75) is 11.7 Å². The van der Waals surface area contributed by atoms with Gasteiger partial charge in [-0.2, -0.15) is 0 Å². The number of nitrogens with zero attached hydrogens (tertiary/aromatic N) is 4. The molecule has 0 unspecified atom stereocenters. The van der Waals surface area contributed by atoms with E-state index < -0.39 is 5.97 Å². The average Bonchev–Trinajstić information content (AvgIpc) is 2.93. The number of para-hydroxylation sites is 1. The molecule has 0 aliphatic rings. The molecule has 0 aliphatic carbocycles. The second kappa shape index (κ2) is 7.18. The molecular formula is C15H15N5O3S. The number of rotatable bonds is 7. The maximum atomic E-state index is 10.8. The number of nitrogen functional groups attached to an aromatic ring is 1. The van der Waals surface area contributed by atoms with E-state index >= 15 is 0 Å². The van der Waals surface area contributed by atoms with Crippen molar-refractivity contribution in [1.29, 1.82) is 0 Å². The van der Waals surface area contributed by atoms with E-state index in [1.165, 1.54) is 6.33 Å². The first-order chi connectivity index (χ1) is 11.6. The van der Waals surface area contributed by atoms with E-state index in [4.69, 9.17) is 15.6 Å². The van der Waals surface area contributed by atoms with Gasteiger partial charge in [0.15, 0.2) is 22.1 Å². The van der Waals surface area contributed by atoms with Crippen LogP contribution in [0.5, 0.6) is 5.75 Å². The molecule has 9 heteroatoms. The molecule has 0 saturated heterocycles. The highest BCUT2D eigenvalue weighted by molar-refractivity contribution is 7.99. The van der Waals surface area contributed by atoms with E-state index in [2.05, 4.69) is 15.0 Å². The molecule has 2 aromatic heterocycles. The minimum Gasteiger partial charge on any atom is -0.492 e. The third kappa shape index (κ3) is 3.57. The van der Waals surface area contributed by atoms with Crippen LogP contribution in [0, 0.1) is 0 Å². The van der Waals surface area contributed by atoms with Gasteiger partial charge < -0.3 is 20.1 Å². The molecule has 124 valence electrons. The molecule has 0 atom stereocenters. The largest absolute Gasteiger partial charge is 0.492 e. The molecule has 0 saturated carbocycles. The number of thioether (sulfide) groups is 1. The molecule has 3 rings (SSSR count). The fraction of sp³-hybridized carbons (Fsp3) is 0.200. The normalized spacial score (nSPS) is 10.8. The predicted octanol–water partition coefficient (Wildman–Crippen LogP) is 1.66. The van der Waals surface area contributed by atoms with Crippen molar-refractivity contribution < 1.29 is 14.6 Å². The van der Waals surface area contributed by atoms with E-state index in [1.807, 2.05) is 30.3 Å². The van der Waals surface area contributed by atoms with Crippen LogP contribution in [0.3, 0.4) is 0 Å². The summed E-state index contributed by atoms with van der Waals surface area (Å²) < 4.78 is 7.49. The van der Waals surface area contributed by atoms with Crippen LogP contribution in [0.25, 0.3) is 11.2 Å². The number of aromatic nitrogens is 4. The lowest BCUT2D eigenvalue weighted by Crippen LogP contribution is -2.10. The van der Waals surface area contributed by atoms with Crippen LogP contribution in [-0.2, 0) is 11.3 Å². The van der Waals surface area contributed by atoms with Crippen LogP contribution in [0.15, 0.2) is 41.8 Å². The Morgan fingerprint density at radius 1 is 1.29 bits per heavy atom. The van der Waals surface area contributed by atoms with E-state index in [0.29, 0.717) is 29.5 Å².